The minimum absolute atomic E-state index is 0.298. The third kappa shape index (κ3) is 7.62. The van der Waals surface area contributed by atoms with E-state index in [1.165, 1.54) is 0 Å². The molecule has 13 heavy (non-hydrogen) atoms. The van der Waals surface area contributed by atoms with Crippen molar-refractivity contribution in [1.29, 1.82) is 0 Å². The van der Waals surface area contributed by atoms with E-state index in [-0.39, 0.29) is 0 Å². The van der Waals surface area contributed by atoms with Gasteiger partial charge in [0.1, 0.15) is 5.76 Å². The van der Waals surface area contributed by atoms with Gasteiger partial charge in [-0.2, -0.15) is 0 Å². The topological polar surface area (TPSA) is 41.9 Å². The lowest BCUT2D eigenvalue weighted by Gasteiger charge is -2.19. The number of methoxy groups -OCH3 is 2. The Labute approximate surface area is 79.8 Å². The van der Waals surface area contributed by atoms with Gasteiger partial charge in [0.05, 0.1) is 13.2 Å². The molecule has 1 N–H and O–H groups in total. The zero-order valence-electron chi connectivity index (χ0n) is 8.62. The molecule has 4 nitrogen and oxygen atoms in total. The Bertz CT molecular complexity index is 136. The fraction of sp³-hybridized carbons (Fsp3) is 0.778. The van der Waals surface area contributed by atoms with Crippen molar-refractivity contribution < 1.29 is 14.6 Å². The number of rotatable bonds is 7. The molecule has 78 valence electrons. The lowest BCUT2D eigenvalue weighted by atomic mass is 10.5. The number of aliphatic hydroxyl groups excluding tert-OH is 1. The first kappa shape index (κ1) is 12.3. The Balaban J connectivity index is 3.80. The molecule has 0 amide bonds. The van der Waals surface area contributed by atoms with E-state index < -0.39 is 0 Å². The molecule has 0 aliphatic carbocycles. The highest BCUT2D eigenvalue weighted by Gasteiger charge is 1.99. The molecule has 0 atom stereocenters. The zero-order valence-corrected chi connectivity index (χ0v) is 8.62. The van der Waals surface area contributed by atoms with Gasteiger partial charge in [0.25, 0.3) is 0 Å². The molecule has 0 unspecified atom stereocenters. The van der Waals surface area contributed by atoms with Gasteiger partial charge in [-0.3, -0.25) is 0 Å². The molecule has 0 saturated heterocycles. The van der Waals surface area contributed by atoms with Gasteiger partial charge in [0, 0.05) is 33.5 Å². The number of ether oxygens (including phenoxy) is 2. The third-order valence-electron chi connectivity index (χ3n) is 1.53. The summed E-state index contributed by atoms with van der Waals surface area (Å²) in [4.78, 5) is 1.96. The number of aliphatic hydroxyl groups is 1. The highest BCUT2D eigenvalue weighted by atomic mass is 16.5. The summed E-state index contributed by atoms with van der Waals surface area (Å²) in [5.41, 5.74) is 0. The second kappa shape index (κ2) is 7.89. The van der Waals surface area contributed by atoms with Gasteiger partial charge in [-0.1, -0.05) is 0 Å². The predicted octanol–water partition coefficient (Wildman–Crippen LogP) is 1.00. The van der Waals surface area contributed by atoms with Crippen molar-refractivity contribution in [3.63, 3.8) is 0 Å². The van der Waals surface area contributed by atoms with Crippen LogP contribution in [0, 0.1) is 0 Å². The Morgan fingerprint density at radius 1 is 1.23 bits per heavy atom. The lowest BCUT2D eigenvalue weighted by molar-refractivity contribution is 0.136. The van der Waals surface area contributed by atoms with E-state index >= 15 is 0 Å². The van der Waals surface area contributed by atoms with Crippen molar-refractivity contribution >= 4 is 0 Å². The Kier molecular flexibility index (Phi) is 7.44. The highest BCUT2D eigenvalue weighted by Crippen LogP contribution is 1.94. The van der Waals surface area contributed by atoms with Crippen LogP contribution in [0.1, 0.15) is 6.92 Å². The fourth-order valence-corrected chi connectivity index (χ4v) is 0.922. The van der Waals surface area contributed by atoms with Gasteiger partial charge in [-0.25, -0.2) is 0 Å². The summed E-state index contributed by atoms with van der Waals surface area (Å²) in [5, 5.41) is 9.06. The standard InChI is InChI=1S/C9H19NO3/c1-9(11)8-10(4-6-12-2)5-7-13-3/h8,11H,4-7H2,1-3H3/b9-8-. The maximum Gasteiger partial charge on any atom is 0.105 e. The number of nitrogens with zero attached hydrogens (tertiary/aromatic N) is 1. The van der Waals surface area contributed by atoms with Crippen LogP contribution in [-0.2, 0) is 9.47 Å². The summed E-state index contributed by atoms with van der Waals surface area (Å²) in [6.07, 6.45) is 1.69. The maximum atomic E-state index is 9.06. The minimum Gasteiger partial charge on any atom is -0.511 e. The molecule has 0 heterocycles. The monoisotopic (exact) mass is 189 g/mol. The van der Waals surface area contributed by atoms with Crippen LogP contribution in [-0.4, -0.2) is 50.5 Å². The van der Waals surface area contributed by atoms with Gasteiger partial charge in [-0.15, -0.1) is 0 Å². The molecule has 0 radical (unpaired) electrons. The molecular formula is C9H19NO3. The fourth-order valence-electron chi connectivity index (χ4n) is 0.922. The molecule has 0 rings (SSSR count). The van der Waals surface area contributed by atoms with E-state index in [1.807, 2.05) is 4.90 Å². The molecule has 0 aromatic heterocycles. The molecule has 4 heteroatoms. The van der Waals surface area contributed by atoms with Crippen molar-refractivity contribution in [1.82, 2.24) is 4.90 Å². The average molecular weight is 189 g/mol. The van der Waals surface area contributed by atoms with Crippen molar-refractivity contribution in [2.75, 3.05) is 40.5 Å². The SMILES string of the molecule is COCCN(/C=C(/C)O)CCOC. The van der Waals surface area contributed by atoms with E-state index in [0.717, 1.165) is 13.1 Å². The van der Waals surface area contributed by atoms with E-state index in [2.05, 4.69) is 0 Å². The molecular weight excluding hydrogens is 170 g/mol. The Hall–Kier alpha value is -0.740. The smallest absolute Gasteiger partial charge is 0.105 e. The summed E-state index contributed by atoms with van der Waals surface area (Å²) in [5.74, 6) is 0.298. The Morgan fingerprint density at radius 3 is 2.00 bits per heavy atom. The molecule has 0 bridgehead atoms. The second-order valence-corrected chi connectivity index (χ2v) is 2.79. The van der Waals surface area contributed by atoms with E-state index in [9.17, 15) is 0 Å². The van der Waals surface area contributed by atoms with Crippen molar-refractivity contribution in [3.8, 4) is 0 Å². The Morgan fingerprint density at radius 2 is 1.69 bits per heavy atom. The van der Waals surface area contributed by atoms with Crippen LogP contribution in [0.3, 0.4) is 0 Å². The molecule has 0 aromatic rings. The van der Waals surface area contributed by atoms with Crippen LogP contribution in [0.5, 0.6) is 0 Å². The third-order valence-corrected chi connectivity index (χ3v) is 1.53. The first-order valence-electron chi connectivity index (χ1n) is 4.30. The second-order valence-electron chi connectivity index (χ2n) is 2.79. The van der Waals surface area contributed by atoms with Gasteiger partial charge in [0.15, 0.2) is 0 Å². The number of allylic oxidation sites excluding steroid dienone is 1. The van der Waals surface area contributed by atoms with Crippen molar-refractivity contribution in [2.45, 2.75) is 6.92 Å². The number of hydrogen-bond acceptors (Lipinski definition) is 4. The van der Waals surface area contributed by atoms with Gasteiger partial charge in [-0.05, 0) is 6.92 Å². The first-order valence-corrected chi connectivity index (χ1v) is 4.30. The molecule has 0 aliphatic heterocycles. The van der Waals surface area contributed by atoms with Crippen molar-refractivity contribution in [3.05, 3.63) is 12.0 Å². The molecule has 0 spiro atoms. The quantitative estimate of drug-likeness (QED) is 0.607. The zero-order chi connectivity index (χ0) is 10.1. The van der Waals surface area contributed by atoms with E-state index in [1.54, 1.807) is 27.3 Å². The molecule has 0 aromatic carbocycles. The molecule has 0 fully saturated rings. The summed E-state index contributed by atoms with van der Waals surface area (Å²) in [6.45, 7) is 4.46. The maximum absolute atomic E-state index is 9.06. The largest absolute Gasteiger partial charge is 0.511 e. The molecule has 0 aliphatic rings. The van der Waals surface area contributed by atoms with Crippen molar-refractivity contribution in [2.24, 2.45) is 0 Å². The summed E-state index contributed by atoms with van der Waals surface area (Å²) in [6, 6.07) is 0. The number of hydrogen-bond donors (Lipinski definition) is 1. The lowest BCUT2D eigenvalue weighted by Crippen LogP contribution is -2.26. The predicted molar refractivity (Wildman–Crippen MR) is 51.7 cm³/mol. The van der Waals surface area contributed by atoms with Gasteiger partial charge >= 0.3 is 0 Å². The van der Waals surface area contributed by atoms with Gasteiger partial charge in [0.2, 0.25) is 0 Å². The van der Waals surface area contributed by atoms with E-state index in [4.69, 9.17) is 14.6 Å². The van der Waals surface area contributed by atoms with Crippen LogP contribution >= 0.6 is 0 Å². The first-order chi connectivity index (χ1) is 6.20. The van der Waals surface area contributed by atoms with Crippen LogP contribution in [0.2, 0.25) is 0 Å². The van der Waals surface area contributed by atoms with Gasteiger partial charge < -0.3 is 19.5 Å². The van der Waals surface area contributed by atoms with Crippen LogP contribution in [0.15, 0.2) is 12.0 Å². The summed E-state index contributed by atoms with van der Waals surface area (Å²) in [7, 11) is 3.31. The van der Waals surface area contributed by atoms with Crippen LogP contribution in [0.4, 0.5) is 0 Å². The summed E-state index contributed by atoms with van der Waals surface area (Å²) < 4.78 is 9.88. The highest BCUT2D eigenvalue weighted by molar-refractivity contribution is 4.85. The normalized spacial score (nSPS) is 11.8. The minimum atomic E-state index is 0.298. The summed E-state index contributed by atoms with van der Waals surface area (Å²) >= 11 is 0. The van der Waals surface area contributed by atoms with E-state index in [0.29, 0.717) is 19.0 Å². The van der Waals surface area contributed by atoms with Crippen LogP contribution < -0.4 is 0 Å². The van der Waals surface area contributed by atoms with Crippen LogP contribution in [0.25, 0.3) is 0 Å². The average Bonchev–Trinajstić information content (AvgIpc) is 2.09. The molecule has 0 saturated carbocycles.